The van der Waals surface area contributed by atoms with Crippen molar-refractivity contribution in [3.8, 4) is 28.9 Å². The van der Waals surface area contributed by atoms with Crippen molar-refractivity contribution >= 4 is 0 Å². The highest BCUT2D eigenvalue weighted by molar-refractivity contribution is 5.56. The maximum Gasteiger partial charge on any atom is 0.203 e. The number of hydrogen-bond acceptors (Lipinski definition) is 7. The van der Waals surface area contributed by atoms with E-state index >= 15 is 0 Å². The van der Waals surface area contributed by atoms with Gasteiger partial charge in [-0.2, -0.15) is 10.4 Å². The second kappa shape index (κ2) is 11.1. The first kappa shape index (κ1) is 24.3. The summed E-state index contributed by atoms with van der Waals surface area (Å²) in [6.07, 6.45) is 7.71. The summed E-state index contributed by atoms with van der Waals surface area (Å²) in [5.74, 6) is 1.84. The molecule has 1 aliphatic heterocycles. The van der Waals surface area contributed by atoms with Gasteiger partial charge in [-0.1, -0.05) is 24.3 Å². The van der Waals surface area contributed by atoms with Gasteiger partial charge in [0.1, 0.15) is 5.69 Å². The summed E-state index contributed by atoms with van der Waals surface area (Å²) in [5.41, 5.74) is 3.32. The van der Waals surface area contributed by atoms with Gasteiger partial charge in [0.05, 0.1) is 36.3 Å². The van der Waals surface area contributed by atoms with Gasteiger partial charge in [-0.05, 0) is 68.7 Å². The maximum atomic E-state index is 12.5. The topological polar surface area (TPSA) is 96.9 Å². The summed E-state index contributed by atoms with van der Waals surface area (Å²) < 4.78 is 7.56. The Morgan fingerprint density at radius 3 is 2.62 bits per heavy atom. The molecule has 0 radical (unpaired) electrons. The van der Waals surface area contributed by atoms with E-state index in [1.807, 2.05) is 30.3 Å². The van der Waals surface area contributed by atoms with E-state index < -0.39 is 0 Å². The number of rotatable bonds is 7. The van der Waals surface area contributed by atoms with E-state index in [1.165, 1.54) is 6.07 Å². The van der Waals surface area contributed by atoms with Gasteiger partial charge in [-0.3, -0.25) is 4.79 Å². The van der Waals surface area contributed by atoms with Crippen molar-refractivity contribution in [1.82, 2.24) is 24.6 Å². The summed E-state index contributed by atoms with van der Waals surface area (Å²) in [5, 5.41) is 13.7. The predicted octanol–water partition coefficient (Wildman–Crippen LogP) is 3.87. The third-order valence-corrected chi connectivity index (χ3v) is 6.63. The number of nitriles is 1. The number of ether oxygens (including phenoxy) is 1. The minimum Gasteiger partial charge on any atom is -0.490 e. The molecule has 0 unspecified atom stereocenters. The third-order valence-electron chi connectivity index (χ3n) is 6.63. The van der Waals surface area contributed by atoms with Gasteiger partial charge in [0, 0.05) is 24.2 Å². The van der Waals surface area contributed by atoms with Gasteiger partial charge in [0.25, 0.3) is 0 Å². The van der Waals surface area contributed by atoms with Crippen molar-refractivity contribution in [2.75, 3.05) is 26.7 Å². The van der Waals surface area contributed by atoms with E-state index in [1.54, 1.807) is 41.5 Å². The molecule has 1 fully saturated rings. The van der Waals surface area contributed by atoms with Crippen LogP contribution in [0.25, 0.3) is 17.1 Å². The van der Waals surface area contributed by atoms with Gasteiger partial charge in [-0.25, -0.2) is 14.6 Å². The van der Waals surface area contributed by atoms with Crippen molar-refractivity contribution in [3.05, 3.63) is 100 Å². The third kappa shape index (κ3) is 6.08. The molecular formula is C29H28N6O2. The smallest absolute Gasteiger partial charge is 0.203 e. The molecule has 1 saturated heterocycles. The Bertz CT molecular complexity index is 1470. The molecule has 4 aromatic rings. The van der Waals surface area contributed by atoms with Gasteiger partial charge in [-0.15, -0.1) is 0 Å². The zero-order chi connectivity index (χ0) is 25.6. The Kier molecular flexibility index (Phi) is 7.33. The molecule has 0 atom stereocenters. The van der Waals surface area contributed by atoms with Crippen molar-refractivity contribution in [1.29, 1.82) is 5.26 Å². The summed E-state index contributed by atoms with van der Waals surface area (Å²) in [6.45, 7) is 2.91. The monoisotopic (exact) mass is 492 g/mol. The average Bonchev–Trinajstić information content (AvgIpc) is 2.94. The van der Waals surface area contributed by atoms with Crippen LogP contribution in [0.3, 0.4) is 0 Å². The first-order valence-corrected chi connectivity index (χ1v) is 12.4. The molecule has 3 heterocycles. The van der Waals surface area contributed by atoms with Gasteiger partial charge >= 0.3 is 0 Å². The highest BCUT2D eigenvalue weighted by Crippen LogP contribution is 2.21. The van der Waals surface area contributed by atoms with E-state index in [0.717, 1.165) is 42.7 Å². The normalized spacial score (nSPS) is 14.3. The largest absolute Gasteiger partial charge is 0.490 e. The number of likely N-dealkylation sites (tertiary alicyclic amines) is 1. The molecular weight excluding hydrogens is 464 g/mol. The minimum atomic E-state index is -0.138. The van der Waals surface area contributed by atoms with Crippen LogP contribution in [0, 0.1) is 17.2 Å². The standard InChI is InChI=1S/C29H28N6O2/c1-34-11-8-21(9-12-34)20-37-26-18-31-29(32-19-26)24-6-2-4-22(14-24)16-27-28(36)10-13-35(33-27)25-7-3-5-23(15-25)17-30/h2-7,10,13-15,18-19,21H,8-9,11-12,16,20H2,1H3. The summed E-state index contributed by atoms with van der Waals surface area (Å²) in [6, 6.07) is 18.5. The number of aromatic nitrogens is 4. The second-order valence-electron chi connectivity index (χ2n) is 9.41. The van der Waals surface area contributed by atoms with Crippen LogP contribution < -0.4 is 10.2 Å². The fourth-order valence-electron chi connectivity index (χ4n) is 4.43. The number of nitrogens with zero attached hydrogens (tertiary/aromatic N) is 6. The van der Waals surface area contributed by atoms with Crippen LogP contribution in [-0.2, 0) is 6.42 Å². The number of benzene rings is 2. The summed E-state index contributed by atoms with van der Waals surface area (Å²) in [7, 11) is 2.15. The van der Waals surface area contributed by atoms with Gasteiger partial charge in [0.2, 0.25) is 5.43 Å². The molecule has 5 rings (SSSR count). The fourth-order valence-corrected chi connectivity index (χ4v) is 4.43. The van der Waals surface area contributed by atoms with Crippen LogP contribution in [0.4, 0.5) is 0 Å². The molecule has 1 aliphatic rings. The van der Waals surface area contributed by atoms with Crippen LogP contribution in [0.5, 0.6) is 5.75 Å². The van der Waals surface area contributed by atoms with E-state index in [-0.39, 0.29) is 5.43 Å². The van der Waals surface area contributed by atoms with Gasteiger partial charge in [0.15, 0.2) is 11.6 Å². The molecule has 0 spiro atoms. The zero-order valence-electron chi connectivity index (χ0n) is 20.7. The lowest BCUT2D eigenvalue weighted by atomic mass is 9.98. The van der Waals surface area contributed by atoms with Crippen LogP contribution in [0.15, 0.2) is 78.0 Å². The molecule has 8 heteroatoms. The molecule has 0 N–H and O–H groups in total. The molecule has 0 bridgehead atoms. The lowest BCUT2D eigenvalue weighted by Gasteiger charge is -2.28. The highest BCUT2D eigenvalue weighted by atomic mass is 16.5. The fraction of sp³-hybridized carbons (Fsp3) is 0.276. The summed E-state index contributed by atoms with van der Waals surface area (Å²) in [4.78, 5) is 23.9. The number of hydrogen-bond donors (Lipinski definition) is 0. The second-order valence-corrected chi connectivity index (χ2v) is 9.41. The zero-order valence-corrected chi connectivity index (χ0v) is 20.7. The van der Waals surface area contributed by atoms with Crippen molar-refractivity contribution in [3.63, 3.8) is 0 Å². The van der Waals surface area contributed by atoms with E-state index in [0.29, 0.717) is 41.8 Å². The molecule has 186 valence electrons. The van der Waals surface area contributed by atoms with E-state index in [2.05, 4.69) is 33.1 Å². The quantitative estimate of drug-likeness (QED) is 0.386. The van der Waals surface area contributed by atoms with Gasteiger partial charge < -0.3 is 9.64 Å². The molecule has 0 aliphatic carbocycles. The first-order valence-electron chi connectivity index (χ1n) is 12.4. The lowest BCUT2D eigenvalue weighted by molar-refractivity contribution is 0.159. The first-order chi connectivity index (χ1) is 18.1. The van der Waals surface area contributed by atoms with Crippen molar-refractivity contribution in [2.24, 2.45) is 5.92 Å². The lowest BCUT2D eigenvalue weighted by Crippen LogP contribution is -2.32. The Morgan fingerprint density at radius 2 is 1.84 bits per heavy atom. The van der Waals surface area contributed by atoms with Crippen LogP contribution >= 0.6 is 0 Å². The number of piperidine rings is 1. The highest BCUT2D eigenvalue weighted by Gasteiger charge is 2.17. The molecule has 8 nitrogen and oxygen atoms in total. The molecule has 37 heavy (non-hydrogen) atoms. The van der Waals surface area contributed by atoms with E-state index in [9.17, 15) is 10.1 Å². The minimum absolute atomic E-state index is 0.138. The Morgan fingerprint density at radius 1 is 1.05 bits per heavy atom. The molecule has 0 amide bonds. The maximum absolute atomic E-state index is 12.5. The van der Waals surface area contributed by atoms with Crippen molar-refractivity contribution in [2.45, 2.75) is 19.3 Å². The van der Waals surface area contributed by atoms with Crippen molar-refractivity contribution < 1.29 is 4.74 Å². The van der Waals surface area contributed by atoms with Crippen LogP contribution in [0.1, 0.15) is 29.7 Å². The molecule has 2 aromatic carbocycles. The van der Waals surface area contributed by atoms with Crippen LogP contribution in [-0.4, -0.2) is 51.4 Å². The Labute approximate surface area is 215 Å². The molecule has 2 aromatic heterocycles. The average molecular weight is 493 g/mol. The summed E-state index contributed by atoms with van der Waals surface area (Å²) >= 11 is 0. The van der Waals surface area contributed by atoms with Crippen LogP contribution in [0.2, 0.25) is 0 Å². The molecule has 0 saturated carbocycles. The SMILES string of the molecule is CN1CCC(COc2cnc(-c3cccc(Cc4nn(-c5cccc(C#N)c5)ccc4=O)c3)nc2)CC1. The predicted molar refractivity (Wildman–Crippen MR) is 141 cm³/mol. The Balaban J connectivity index is 1.28. The Hall–Kier alpha value is -4.35. The van der Waals surface area contributed by atoms with E-state index in [4.69, 9.17) is 4.74 Å².